The molecule has 4 rings (SSSR count). The number of rotatable bonds is 5. The van der Waals surface area contributed by atoms with Crippen molar-refractivity contribution in [2.75, 3.05) is 0 Å². The van der Waals surface area contributed by atoms with Crippen LogP contribution in [0.25, 0.3) is 22.6 Å². The minimum Gasteiger partial charge on any atom is -0.407 e. The molecule has 4 nitrogen and oxygen atoms in total. The van der Waals surface area contributed by atoms with Crippen molar-refractivity contribution in [3.63, 3.8) is 0 Å². The number of Topliss-reactive ketones (excluding diaryl/α,β-unsaturated/α-hetero) is 1. The smallest absolute Gasteiger partial charge is 0.407 e. The average molecular weight is 369 g/mol. The van der Waals surface area contributed by atoms with Crippen LogP contribution >= 0.6 is 0 Å². The minimum absolute atomic E-state index is 0.00343. The monoisotopic (exact) mass is 369 g/mol. The van der Waals surface area contributed by atoms with Crippen molar-refractivity contribution < 1.29 is 9.21 Å². The molecule has 1 heterocycles. The number of oxazole rings is 1. The van der Waals surface area contributed by atoms with Crippen molar-refractivity contribution >= 4 is 5.78 Å². The van der Waals surface area contributed by atoms with E-state index < -0.39 is 5.76 Å². The number of ketones is 1. The molecule has 138 valence electrons. The normalized spacial score (nSPS) is 10.8. The van der Waals surface area contributed by atoms with Crippen molar-refractivity contribution in [1.29, 1.82) is 0 Å². The lowest BCUT2D eigenvalue weighted by atomic mass is 10.0. The second-order valence-electron chi connectivity index (χ2n) is 6.62. The zero-order chi connectivity index (χ0) is 19.5. The zero-order valence-corrected chi connectivity index (χ0v) is 15.5. The van der Waals surface area contributed by atoms with Crippen LogP contribution in [-0.2, 0) is 6.54 Å². The lowest BCUT2D eigenvalue weighted by Crippen LogP contribution is -2.16. The molecular weight excluding hydrogens is 350 g/mol. The van der Waals surface area contributed by atoms with E-state index in [1.807, 2.05) is 72.8 Å². The van der Waals surface area contributed by atoms with Crippen LogP contribution in [-0.4, -0.2) is 10.4 Å². The third-order valence-electron chi connectivity index (χ3n) is 4.68. The van der Waals surface area contributed by atoms with Crippen molar-refractivity contribution in [3.8, 4) is 22.6 Å². The first kappa shape index (κ1) is 17.7. The molecule has 0 radical (unpaired) electrons. The topological polar surface area (TPSA) is 52.2 Å². The maximum atomic E-state index is 12.7. The molecule has 0 saturated heterocycles. The molecule has 1 aromatic heterocycles. The Balaban J connectivity index is 1.90. The van der Waals surface area contributed by atoms with E-state index in [0.29, 0.717) is 23.6 Å². The van der Waals surface area contributed by atoms with E-state index in [9.17, 15) is 9.59 Å². The average Bonchev–Trinajstić information content (AvgIpc) is 3.05. The first-order valence-electron chi connectivity index (χ1n) is 9.08. The van der Waals surface area contributed by atoms with Crippen LogP contribution in [0.5, 0.6) is 0 Å². The van der Waals surface area contributed by atoms with Gasteiger partial charge < -0.3 is 4.42 Å². The highest BCUT2D eigenvalue weighted by Crippen LogP contribution is 2.32. The summed E-state index contributed by atoms with van der Waals surface area (Å²) in [5, 5.41) is 0. The molecular formula is C24H19NO3. The molecule has 0 aliphatic heterocycles. The summed E-state index contributed by atoms with van der Waals surface area (Å²) >= 11 is 0. The van der Waals surface area contributed by atoms with E-state index in [4.69, 9.17) is 4.42 Å². The summed E-state index contributed by atoms with van der Waals surface area (Å²) in [4.78, 5) is 24.3. The van der Waals surface area contributed by atoms with Gasteiger partial charge in [-0.2, -0.15) is 0 Å². The Hall–Kier alpha value is -3.66. The summed E-state index contributed by atoms with van der Waals surface area (Å²) in [5.74, 6) is 0.120. The van der Waals surface area contributed by atoms with Gasteiger partial charge in [-0.05, 0) is 12.5 Å². The maximum absolute atomic E-state index is 12.7. The van der Waals surface area contributed by atoms with Gasteiger partial charge in [0.1, 0.15) is 0 Å². The zero-order valence-electron chi connectivity index (χ0n) is 15.5. The fraction of sp³-hybridized carbons (Fsp3) is 0.0833. The standard InChI is InChI=1S/C24H19NO3/c1-17(26)19-12-14-20(15-13-19)22-23(21-10-6-3-7-11-21)28-24(27)25(22)16-18-8-4-2-5-9-18/h2-15H,16H2,1H3. The lowest BCUT2D eigenvalue weighted by Gasteiger charge is -2.09. The van der Waals surface area contributed by atoms with Crippen molar-refractivity contribution in [2.45, 2.75) is 13.5 Å². The van der Waals surface area contributed by atoms with Gasteiger partial charge in [-0.3, -0.25) is 9.36 Å². The van der Waals surface area contributed by atoms with Crippen LogP contribution in [0.1, 0.15) is 22.8 Å². The molecule has 4 heteroatoms. The predicted molar refractivity (Wildman–Crippen MR) is 109 cm³/mol. The lowest BCUT2D eigenvalue weighted by molar-refractivity contribution is 0.101. The Morgan fingerprint density at radius 1 is 0.821 bits per heavy atom. The first-order chi connectivity index (χ1) is 13.6. The highest BCUT2D eigenvalue weighted by Gasteiger charge is 2.20. The summed E-state index contributed by atoms with van der Waals surface area (Å²) in [6.07, 6.45) is 0. The largest absolute Gasteiger partial charge is 0.420 e. The van der Waals surface area contributed by atoms with Crippen LogP contribution < -0.4 is 5.76 Å². The number of nitrogens with zero attached hydrogens (tertiary/aromatic N) is 1. The SMILES string of the molecule is CC(=O)c1ccc(-c2c(-c3ccccc3)oc(=O)n2Cc2ccccc2)cc1. The number of benzene rings is 3. The Labute approximate surface area is 162 Å². The second-order valence-corrected chi connectivity index (χ2v) is 6.62. The summed E-state index contributed by atoms with van der Waals surface area (Å²) in [6.45, 7) is 1.94. The molecule has 0 amide bonds. The quantitative estimate of drug-likeness (QED) is 0.464. The number of carbonyl (C=O) groups excluding carboxylic acids is 1. The van der Waals surface area contributed by atoms with Gasteiger partial charge in [-0.1, -0.05) is 84.9 Å². The molecule has 0 aliphatic carbocycles. The Kier molecular flexibility index (Phi) is 4.77. The summed E-state index contributed by atoms with van der Waals surface area (Å²) in [6, 6.07) is 26.6. The molecule has 0 fully saturated rings. The third-order valence-corrected chi connectivity index (χ3v) is 4.68. The molecule has 0 unspecified atom stereocenters. The van der Waals surface area contributed by atoms with Gasteiger partial charge in [0.25, 0.3) is 0 Å². The summed E-state index contributed by atoms with van der Waals surface area (Å²) < 4.78 is 7.32. The maximum Gasteiger partial charge on any atom is 0.420 e. The molecule has 0 aliphatic rings. The van der Waals surface area contributed by atoms with E-state index in [1.165, 1.54) is 6.92 Å². The van der Waals surface area contributed by atoms with Gasteiger partial charge in [-0.15, -0.1) is 0 Å². The van der Waals surface area contributed by atoms with E-state index >= 15 is 0 Å². The van der Waals surface area contributed by atoms with Crippen molar-refractivity contribution in [3.05, 3.63) is 107 Å². The first-order valence-corrected chi connectivity index (χ1v) is 9.08. The number of hydrogen-bond acceptors (Lipinski definition) is 3. The van der Waals surface area contributed by atoms with E-state index in [1.54, 1.807) is 16.7 Å². The van der Waals surface area contributed by atoms with Crippen molar-refractivity contribution in [2.24, 2.45) is 0 Å². The summed E-state index contributed by atoms with van der Waals surface area (Å²) in [7, 11) is 0. The molecule has 0 spiro atoms. The third kappa shape index (κ3) is 3.45. The van der Waals surface area contributed by atoms with E-state index in [0.717, 1.165) is 16.7 Å². The summed E-state index contributed by atoms with van der Waals surface area (Å²) in [5.41, 5.74) is 4.00. The van der Waals surface area contributed by atoms with Gasteiger partial charge in [0.15, 0.2) is 11.5 Å². The predicted octanol–water partition coefficient (Wildman–Crippen LogP) is 5.03. The molecule has 0 N–H and O–H groups in total. The Bertz CT molecular complexity index is 1150. The van der Waals surface area contributed by atoms with Gasteiger partial charge >= 0.3 is 5.76 Å². The van der Waals surface area contributed by atoms with Crippen LogP contribution in [0, 0.1) is 0 Å². The minimum atomic E-state index is -0.409. The fourth-order valence-electron chi connectivity index (χ4n) is 3.25. The molecule has 0 atom stereocenters. The molecule has 28 heavy (non-hydrogen) atoms. The highest BCUT2D eigenvalue weighted by molar-refractivity contribution is 5.94. The van der Waals surface area contributed by atoms with Gasteiger partial charge in [0.2, 0.25) is 0 Å². The number of carbonyl (C=O) groups is 1. The van der Waals surface area contributed by atoms with Gasteiger partial charge in [-0.25, -0.2) is 4.79 Å². The molecule has 4 aromatic rings. The van der Waals surface area contributed by atoms with E-state index in [-0.39, 0.29) is 5.78 Å². The second kappa shape index (κ2) is 7.53. The van der Waals surface area contributed by atoms with E-state index in [2.05, 4.69) is 0 Å². The number of aromatic nitrogens is 1. The van der Waals surface area contributed by atoms with Crippen LogP contribution in [0.2, 0.25) is 0 Å². The Morgan fingerprint density at radius 2 is 1.43 bits per heavy atom. The van der Waals surface area contributed by atoms with Crippen LogP contribution in [0.3, 0.4) is 0 Å². The molecule has 0 bridgehead atoms. The van der Waals surface area contributed by atoms with Crippen LogP contribution in [0.15, 0.2) is 94.1 Å². The molecule has 3 aromatic carbocycles. The van der Waals surface area contributed by atoms with Gasteiger partial charge in [0, 0.05) is 16.7 Å². The highest BCUT2D eigenvalue weighted by atomic mass is 16.4. The van der Waals surface area contributed by atoms with Gasteiger partial charge in [0.05, 0.1) is 12.2 Å². The molecule has 0 saturated carbocycles. The fourth-order valence-corrected chi connectivity index (χ4v) is 3.25. The van der Waals surface area contributed by atoms with Crippen molar-refractivity contribution in [1.82, 2.24) is 4.57 Å². The number of hydrogen-bond donors (Lipinski definition) is 0. The van der Waals surface area contributed by atoms with Crippen LogP contribution in [0.4, 0.5) is 0 Å². The Morgan fingerprint density at radius 3 is 2.04 bits per heavy atom.